The number of carbonyl (C=O) groups is 1. The predicted octanol–water partition coefficient (Wildman–Crippen LogP) is 3.72. The summed E-state index contributed by atoms with van der Waals surface area (Å²) < 4.78 is 27.3. The number of benzene rings is 1. The molecule has 3 aromatic rings. The summed E-state index contributed by atoms with van der Waals surface area (Å²) in [5.74, 6) is -0.859. The zero-order chi connectivity index (χ0) is 21.3. The Morgan fingerprint density at radius 1 is 1.33 bits per heavy atom. The number of hydrogen-bond donors (Lipinski definition) is 1. The standard InChI is InChI=1S/C21H21F2N5OS/c1-27(2)8-3-4-18(29)28-9-7-14-17(11-28)30-21-19(14)20(24-12-25-21)26-16-6-5-13(22)10-15(16)23/h3-6,10,12H,7-9,11H2,1-2H3,(H,24,25,26)/b4-3+. The molecule has 1 aliphatic heterocycles. The molecule has 4 rings (SSSR count). The Bertz CT molecular complexity index is 1130. The van der Waals surface area contributed by atoms with Gasteiger partial charge in [-0.2, -0.15) is 0 Å². The molecule has 0 atom stereocenters. The first-order chi connectivity index (χ1) is 14.4. The zero-order valence-corrected chi connectivity index (χ0v) is 17.5. The second-order valence-corrected chi connectivity index (χ2v) is 8.41. The van der Waals surface area contributed by atoms with E-state index in [0.717, 1.165) is 26.7 Å². The van der Waals surface area contributed by atoms with Crippen molar-refractivity contribution in [3.8, 4) is 0 Å². The minimum Gasteiger partial charge on any atom is -0.337 e. The fourth-order valence-electron chi connectivity index (χ4n) is 3.40. The lowest BCUT2D eigenvalue weighted by Gasteiger charge is -2.26. The molecule has 0 spiro atoms. The van der Waals surface area contributed by atoms with E-state index in [-0.39, 0.29) is 11.6 Å². The molecular weight excluding hydrogens is 408 g/mol. The maximum atomic E-state index is 14.1. The lowest BCUT2D eigenvalue weighted by Crippen LogP contribution is -2.34. The molecule has 0 saturated carbocycles. The van der Waals surface area contributed by atoms with Crippen molar-refractivity contribution in [2.45, 2.75) is 13.0 Å². The minimum absolute atomic E-state index is 0.0160. The van der Waals surface area contributed by atoms with Crippen LogP contribution in [0.15, 0.2) is 36.7 Å². The lowest BCUT2D eigenvalue weighted by atomic mass is 10.0. The molecule has 3 heterocycles. The molecule has 0 saturated heterocycles. The SMILES string of the molecule is CN(C)C/C=C/C(=O)N1CCc2c(sc3ncnc(Nc4ccc(F)cc4F)c23)C1. The number of thiophene rings is 1. The fraction of sp³-hybridized carbons (Fsp3) is 0.286. The molecule has 30 heavy (non-hydrogen) atoms. The average molecular weight is 429 g/mol. The van der Waals surface area contributed by atoms with Gasteiger partial charge in [-0.25, -0.2) is 18.7 Å². The van der Waals surface area contributed by atoms with E-state index in [9.17, 15) is 13.6 Å². The Labute approximate surface area is 176 Å². The first-order valence-corrected chi connectivity index (χ1v) is 10.3. The molecule has 0 unspecified atom stereocenters. The van der Waals surface area contributed by atoms with Gasteiger partial charge in [-0.1, -0.05) is 6.08 Å². The van der Waals surface area contributed by atoms with Crippen LogP contribution in [0.5, 0.6) is 0 Å². The number of rotatable bonds is 5. The summed E-state index contributed by atoms with van der Waals surface area (Å²) in [7, 11) is 3.90. The number of nitrogens with zero attached hydrogens (tertiary/aromatic N) is 4. The van der Waals surface area contributed by atoms with Gasteiger partial charge in [0.05, 0.1) is 17.6 Å². The highest BCUT2D eigenvalue weighted by Gasteiger charge is 2.25. The van der Waals surface area contributed by atoms with E-state index in [4.69, 9.17) is 0 Å². The van der Waals surface area contributed by atoms with Crippen molar-refractivity contribution < 1.29 is 13.6 Å². The smallest absolute Gasteiger partial charge is 0.246 e. The summed E-state index contributed by atoms with van der Waals surface area (Å²) in [5, 5.41) is 3.80. The Hall–Kier alpha value is -2.91. The normalized spacial score (nSPS) is 14.0. The molecule has 0 fully saturated rings. The van der Waals surface area contributed by atoms with E-state index < -0.39 is 11.6 Å². The van der Waals surface area contributed by atoms with Gasteiger partial charge in [0.25, 0.3) is 0 Å². The van der Waals surface area contributed by atoms with Crippen LogP contribution in [0.4, 0.5) is 20.3 Å². The molecule has 0 aliphatic carbocycles. The van der Waals surface area contributed by atoms with Gasteiger partial charge in [0.1, 0.15) is 28.6 Å². The average Bonchev–Trinajstić information content (AvgIpc) is 3.08. The number of nitrogens with one attached hydrogen (secondary N) is 1. The highest BCUT2D eigenvalue weighted by atomic mass is 32.1. The third-order valence-electron chi connectivity index (χ3n) is 4.86. The lowest BCUT2D eigenvalue weighted by molar-refractivity contribution is -0.126. The maximum absolute atomic E-state index is 14.1. The van der Waals surface area contributed by atoms with Crippen molar-refractivity contribution in [2.24, 2.45) is 0 Å². The molecule has 9 heteroatoms. The molecular formula is C21H21F2N5OS. The first kappa shape index (κ1) is 20.4. The Balaban J connectivity index is 1.60. The summed E-state index contributed by atoms with van der Waals surface area (Å²) in [5.41, 5.74) is 1.22. The third kappa shape index (κ3) is 4.17. The van der Waals surface area contributed by atoms with Gasteiger partial charge in [-0.05, 0) is 38.2 Å². The van der Waals surface area contributed by atoms with Crippen LogP contribution in [0, 0.1) is 11.6 Å². The number of amides is 1. The van der Waals surface area contributed by atoms with Crippen LogP contribution in [-0.4, -0.2) is 52.9 Å². The summed E-state index contributed by atoms with van der Waals surface area (Å²) >= 11 is 1.51. The van der Waals surface area contributed by atoms with E-state index in [2.05, 4.69) is 15.3 Å². The van der Waals surface area contributed by atoms with Crippen molar-refractivity contribution in [1.82, 2.24) is 19.8 Å². The van der Waals surface area contributed by atoms with Crippen LogP contribution >= 0.6 is 11.3 Å². The molecule has 1 amide bonds. The van der Waals surface area contributed by atoms with Crippen molar-refractivity contribution in [2.75, 3.05) is 32.5 Å². The third-order valence-corrected chi connectivity index (χ3v) is 5.99. The zero-order valence-electron chi connectivity index (χ0n) is 16.7. The Kier molecular flexibility index (Phi) is 5.74. The number of hydrogen-bond acceptors (Lipinski definition) is 6. The molecule has 1 aliphatic rings. The quantitative estimate of drug-likeness (QED) is 0.627. The van der Waals surface area contributed by atoms with Gasteiger partial charge in [-0.15, -0.1) is 11.3 Å². The molecule has 2 aromatic heterocycles. The van der Waals surface area contributed by atoms with E-state index in [1.807, 2.05) is 30.0 Å². The predicted molar refractivity (Wildman–Crippen MR) is 114 cm³/mol. The molecule has 0 radical (unpaired) electrons. The van der Waals surface area contributed by atoms with Gasteiger partial charge < -0.3 is 15.1 Å². The Morgan fingerprint density at radius 2 is 2.17 bits per heavy atom. The summed E-state index contributed by atoms with van der Waals surface area (Å²) in [4.78, 5) is 26.8. The highest BCUT2D eigenvalue weighted by Crippen LogP contribution is 2.38. The topological polar surface area (TPSA) is 61.4 Å². The van der Waals surface area contributed by atoms with Gasteiger partial charge in [0.15, 0.2) is 0 Å². The van der Waals surface area contributed by atoms with E-state index in [0.29, 0.717) is 31.9 Å². The Morgan fingerprint density at radius 3 is 2.93 bits per heavy atom. The largest absolute Gasteiger partial charge is 0.337 e. The maximum Gasteiger partial charge on any atom is 0.246 e. The van der Waals surface area contributed by atoms with E-state index >= 15 is 0 Å². The number of fused-ring (bicyclic) bond motifs is 3. The second-order valence-electron chi connectivity index (χ2n) is 7.33. The number of anilines is 2. The van der Waals surface area contributed by atoms with E-state index in [1.54, 1.807) is 6.08 Å². The first-order valence-electron chi connectivity index (χ1n) is 9.50. The second kappa shape index (κ2) is 8.45. The fourth-order valence-corrected chi connectivity index (χ4v) is 4.60. The minimum atomic E-state index is -0.688. The van der Waals surface area contributed by atoms with Gasteiger partial charge in [0.2, 0.25) is 5.91 Å². The van der Waals surface area contributed by atoms with Crippen LogP contribution in [0.25, 0.3) is 10.2 Å². The van der Waals surface area contributed by atoms with Crippen LogP contribution < -0.4 is 5.32 Å². The van der Waals surface area contributed by atoms with Crippen LogP contribution in [0.2, 0.25) is 0 Å². The molecule has 6 nitrogen and oxygen atoms in total. The van der Waals surface area contributed by atoms with Crippen molar-refractivity contribution >= 4 is 39.0 Å². The number of halogens is 2. The summed E-state index contributed by atoms with van der Waals surface area (Å²) in [6.45, 7) is 1.80. The van der Waals surface area contributed by atoms with Crippen molar-refractivity contribution in [3.05, 3.63) is 58.8 Å². The highest BCUT2D eigenvalue weighted by molar-refractivity contribution is 7.19. The number of carbonyl (C=O) groups excluding carboxylic acids is 1. The summed E-state index contributed by atoms with van der Waals surface area (Å²) in [6.07, 6.45) is 5.55. The van der Waals surface area contributed by atoms with Crippen molar-refractivity contribution in [1.29, 1.82) is 0 Å². The van der Waals surface area contributed by atoms with Crippen LogP contribution in [0.3, 0.4) is 0 Å². The molecule has 156 valence electrons. The van der Waals surface area contributed by atoms with Gasteiger partial charge >= 0.3 is 0 Å². The van der Waals surface area contributed by atoms with Crippen LogP contribution in [0.1, 0.15) is 10.4 Å². The van der Waals surface area contributed by atoms with Gasteiger partial charge in [0, 0.05) is 30.1 Å². The molecule has 1 aromatic carbocycles. The van der Waals surface area contributed by atoms with E-state index in [1.165, 1.54) is 29.8 Å². The number of aromatic nitrogens is 2. The monoisotopic (exact) mass is 429 g/mol. The van der Waals surface area contributed by atoms with Crippen molar-refractivity contribution in [3.63, 3.8) is 0 Å². The van der Waals surface area contributed by atoms with Crippen LogP contribution in [-0.2, 0) is 17.8 Å². The molecule has 1 N–H and O–H groups in total. The molecule has 0 bridgehead atoms. The number of likely N-dealkylation sites (N-methyl/N-ethyl adjacent to an activating group) is 1. The van der Waals surface area contributed by atoms with Gasteiger partial charge in [-0.3, -0.25) is 4.79 Å². The summed E-state index contributed by atoms with van der Waals surface area (Å²) in [6, 6.07) is 3.37.